The van der Waals surface area contributed by atoms with E-state index in [-0.39, 0.29) is 10.7 Å². The molecule has 0 N–H and O–H groups in total. The molecule has 0 bridgehead atoms. The minimum absolute atomic E-state index is 0.285. The first-order chi connectivity index (χ1) is 5.52. The Kier molecular flexibility index (Phi) is 3.66. The van der Waals surface area contributed by atoms with Crippen LogP contribution >= 0.6 is 50.1 Å². The highest BCUT2D eigenvalue weighted by Crippen LogP contribution is 2.29. The summed E-state index contributed by atoms with van der Waals surface area (Å²) in [5.74, 6) is 0. The summed E-state index contributed by atoms with van der Waals surface area (Å²) in [4.78, 5) is 3.61. The minimum Gasteiger partial charge on any atom is -0.239 e. The van der Waals surface area contributed by atoms with Gasteiger partial charge in [0.25, 0.3) is 6.43 Å². The Bertz CT molecular complexity index is 285. The molecule has 66 valence electrons. The fraction of sp³-hybridized carbons (Fsp3) is 0.167. The van der Waals surface area contributed by atoms with Crippen molar-refractivity contribution in [1.29, 1.82) is 0 Å². The molecule has 0 radical (unpaired) electrons. The number of alkyl halides is 2. The van der Waals surface area contributed by atoms with Gasteiger partial charge in [0.05, 0.1) is 8.59 Å². The van der Waals surface area contributed by atoms with E-state index in [1.807, 2.05) is 22.6 Å². The highest BCUT2D eigenvalue weighted by molar-refractivity contribution is 14.1. The lowest BCUT2D eigenvalue weighted by molar-refractivity contribution is 0.146. The summed E-state index contributed by atoms with van der Waals surface area (Å²) >= 11 is 10.6. The van der Waals surface area contributed by atoms with Gasteiger partial charge in [-0.15, -0.1) is 0 Å². The van der Waals surface area contributed by atoms with Crippen LogP contribution in [0.5, 0.6) is 0 Å². The van der Waals surface area contributed by atoms with Gasteiger partial charge in [0.1, 0.15) is 10.3 Å². The van der Waals surface area contributed by atoms with Crippen molar-refractivity contribution in [2.24, 2.45) is 0 Å². The second-order valence-corrected chi connectivity index (χ2v) is 4.17. The first kappa shape index (κ1) is 10.6. The molecule has 0 fully saturated rings. The summed E-state index contributed by atoms with van der Waals surface area (Å²) in [5, 5.41) is 0.285. The van der Waals surface area contributed by atoms with E-state index >= 15 is 0 Å². The summed E-state index contributed by atoms with van der Waals surface area (Å²) in [5.41, 5.74) is -0.313. The van der Waals surface area contributed by atoms with Crippen molar-refractivity contribution >= 4 is 50.1 Å². The second-order valence-electron chi connectivity index (χ2n) is 1.93. The second kappa shape index (κ2) is 4.15. The Morgan fingerprint density at radius 2 is 2.17 bits per heavy atom. The Hall–Kier alpha value is 0.510. The van der Waals surface area contributed by atoms with Crippen LogP contribution in [0.1, 0.15) is 12.1 Å². The van der Waals surface area contributed by atoms with E-state index in [1.54, 1.807) is 0 Å². The van der Waals surface area contributed by atoms with Crippen molar-refractivity contribution in [2.75, 3.05) is 0 Å². The zero-order chi connectivity index (χ0) is 9.30. The van der Waals surface area contributed by atoms with Crippen molar-refractivity contribution < 1.29 is 8.78 Å². The highest BCUT2D eigenvalue weighted by atomic mass is 127. The smallest absolute Gasteiger partial charge is 0.239 e. The van der Waals surface area contributed by atoms with Crippen LogP contribution in [-0.4, -0.2) is 4.98 Å². The van der Waals surface area contributed by atoms with Crippen LogP contribution in [0.3, 0.4) is 0 Å². The summed E-state index contributed by atoms with van der Waals surface area (Å²) in [6.45, 7) is 0. The molecular formula is C6H2BrClF2IN. The summed E-state index contributed by atoms with van der Waals surface area (Å²) in [6.07, 6.45) is -2.59. The van der Waals surface area contributed by atoms with Gasteiger partial charge in [-0.1, -0.05) is 11.6 Å². The third-order valence-electron chi connectivity index (χ3n) is 1.12. The molecule has 0 aliphatic heterocycles. The van der Waals surface area contributed by atoms with Crippen molar-refractivity contribution in [2.45, 2.75) is 6.43 Å². The quantitative estimate of drug-likeness (QED) is 0.539. The van der Waals surface area contributed by atoms with Crippen molar-refractivity contribution in [3.63, 3.8) is 0 Å². The van der Waals surface area contributed by atoms with Crippen LogP contribution in [-0.2, 0) is 0 Å². The van der Waals surface area contributed by atoms with Gasteiger partial charge in [-0.05, 0) is 44.6 Å². The van der Waals surface area contributed by atoms with Gasteiger partial charge < -0.3 is 0 Å². The third kappa shape index (κ3) is 2.26. The van der Waals surface area contributed by atoms with Crippen LogP contribution in [0.25, 0.3) is 0 Å². The van der Waals surface area contributed by atoms with E-state index in [2.05, 4.69) is 20.9 Å². The first-order valence-electron chi connectivity index (χ1n) is 2.82. The molecule has 12 heavy (non-hydrogen) atoms. The summed E-state index contributed by atoms with van der Waals surface area (Å²) in [6, 6.07) is 1.17. The molecular weight excluding hydrogens is 366 g/mol. The maximum Gasteiger partial charge on any atom is 0.280 e. The molecule has 0 aromatic carbocycles. The Labute approximate surface area is 94.8 Å². The molecule has 0 aliphatic carbocycles. The van der Waals surface area contributed by atoms with E-state index < -0.39 is 6.43 Å². The molecule has 1 nitrogen and oxygen atoms in total. The molecule has 1 rings (SSSR count). The number of nitrogens with zero attached hydrogens (tertiary/aromatic N) is 1. The maximum absolute atomic E-state index is 12.1. The molecule has 6 heteroatoms. The summed E-state index contributed by atoms with van der Waals surface area (Å²) < 4.78 is 25.2. The molecule has 0 unspecified atom stereocenters. The monoisotopic (exact) mass is 367 g/mol. The molecule has 0 aliphatic rings. The van der Waals surface area contributed by atoms with Gasteiger partial charge in [0.2, 0.25) is 0 Å². The van der Waals surface area contributed by atoms with Crippen LogP contribution in [0.2, 0.25) is 5.02 Å². The van der Waals surface area contributed by atoms with E-state index in [1.165, 1.54) is 6.07 Å². The standard InChI is InChI=1S/C6H2BrClF2IN/c7-5-4(11)2(8)1-3(12-5)6(9)10/h1,6H. The maximum atomic E-state index is 12.1. The number of pyridine rings is 1. The lowest BCUT2D eigenvalue weighted by atomic mass is 10.4. The molecule has 1 aromatic rings. The van der Waals surface area contributed by atoms with Gasteiger partial charge >= 0.3 is 0 Å². The lowest BCUT2D eigenvalue weighted by Gasteiger charge is -2.02. The van der Waals surface area contributed by atoms with E-state index in [9.17, 15) is 8.78 Å². The van der Waals surface area contributed by atoms with Crippen LogP contribution < -0.4 is 0 Å². The first-order valence-corrected chi connectivity index (χ1v) is 5.07. The van der Waals surface area contributed by atoms with Gasteiger partial charge in [-0.2, -0.15) is 0 Å². The fourth-order valence-electron chi connectivity index (χ4n) is 0.598. The predicted molar refractivity (Wildman–Crippen MR) is 54.6 cm³/mol. The topological polar surface area (TPSA) is 12.9 Å². The molecule has 0 atom stereocenters. The Balaban J connectivity index is 3.21. The van der Waals surface area contributed by atoms with Crippen LogP contribution in [0, 0.1) is 3.57 Å². The third-order valence-corrected chi connectivity index (χ3v) is 4.14. The summed E-state index contributed by atoms with van der Waals surface area (Å²) in [7, 11) is 0. The highest BCUT2D eigenvalue weighted by Gasteiger charge is 2.13. The molecule has 0 saturated carbocycles. The van der Waals surface area contributed by atoms with E-state index in [0.29, 0.717) is 8.17 Å². The van der Waals surface area contributed by atoms with E-state index in [4.69, 9.17) is 11.6 Å². The van der Waals surface area contributed by atoms with Crippen LogP contribution in [0.4, 0.5) is 8.78 Å². The molecule has 0 amide bonds. The average molecular weight is 368 g/mol. The van der Waals surface area contributed by atoms with E-state index in [0.717, 1.165) is 0 Å². The SMILES string of the molecule is FC(F)c1cc(Cl)c(I)c(Br)n1. The van der Waals surface area contributed by atoms with Crippen molar-refractivity contribution in [1.82, 2.24) is 4.98 Å². The van der Waals surface area contributed by atoms with Gasteiger partial charge in [0.15, 0.2) is 0 Å². The molecule has 1 heterocycles. The normalized spacial score (nSPS) is 10.8. The number of hydrogen-bond acceptors (Lipinski definition) is 1. The number of rotatable bonds is 1. The largest absolute Gasteiger partial charge is 0.280 e. The molecule has 0 spiro atoms. The number of hydrogen-bond donors (Lipinski definition) is 0. The predicted octanol–water partition coefficient (Wildman–Crippen LogP) is 4.04. The Morgan fingerprint density at radius 1 is 1.58 bits per heavy atom. The fourth-order valence-corrected chi connectivity index (χ4v) is 1.61. The molecule has 0 saturated heterocycles. The van der Waals surface area contributed by atoms with Gasteiger partial charge in [-0.3, -0.25) is 0 Å². The van der Waals surface area contributed by atoms with Gasteiger partial charge in [0, 0.05) is 0 Å². The number of halogens is 5. The minimum atomic E-state index is -2.59. The van der Waals surface area contributed by atoms with Crippen molar-refractivity contribution in [3.8, 4) is 0 Å². The number of aromatic nitrogens is 1. The zero-order valence-corrected chi connectivity index (χ0v) is 9.99. The van der Waals surface area contributed by atoms with Gasteiger partial charge in [-0.25, -0.2) is 13.8 Å². The van der Waals surface area contributed by atoms with Crippen LogP contribution in [0.15, 0.2) is 10.7 Å². The lowest BCUT2D eigenvalue weighted by Crippen LogP contribution is -1.93. The average Bonchev–Trinajstić information content (AvgIpc) is 1.99. The zero-order valence-electron chi connectivity index (χ0n) is 5.49. The Morgan fingerprint density at radius 3 is 2.58 bits per heavy atom. The molecule has 1 aromatic heterocycles. The van der Waals surface area contributed by atoms with Crippen molar-refractivity contribution in [3.05, 3.63) is 25.0 Å².